The standard InChI is InChI=1S/C15H28N4O3/c1-13(20)4-5-15(22)18(3)7-6-16-14(21)12-19-10-8-17(2)9-11-19/h4-12H2,1-3H3,(H,16,21)/i4+1,5+1,8+1,10+1,13+1,14+1,15+1,19+1. The van der Waals surface area contributed by atoms with E-state index in [4.69, 9.17) is 0 Å². The summed E-state index contributed by atoms with van der Waals surface area (Å²) in [6.07, 6.45) is 0.514. The Morgan fingerprint density at radius 3 is 2.32 bits per heavy atom. The van der Waals surface area contributed by atoms with E-state index in [9.17, 15) is 14.4 Å². The van der Waals surface area contributed by atoms with Gasteiger partial charge in [-0.3, -0.25) is 14.5 Å². The van der Waals surface area contributed by atoms with E-state index >= 15 is 0 Å². The maximum absolute atomic E-state index is 11.8. The summed E-state index contributed by atoms with van der Waals surface area (Å²) in [5, 5.41) is 2.84. The van der Waals surface area contributed by atoms with E-state index in [1.807, 2.05) is 0 Å². The van der Waals surface area contributed by atoms with Gasteiger partial charge in [0.2, 0.25) is 11.8 Å². The predicted octanol–water partition coefficient (Wildman–Crippen LogP) is -0.822. The van der Waals surface area contributed by atoms with Crippen molar-refractivity contribution >= 4 is 17.6 Å². The average molecular weight is 320 g/mol. The predicted molar refractivity (Wildman–Crippen MR) is 84.5 cm³/mol. The van der Waals surface area contributed by atoms with Crippen LogP contribution in [0.15, 0.2) is 0 Å². The Morgan fingerprint density at radius 1 is 1.09 bits per heavy atom. The molecule has 0 spiro atoms. The Labute approximate surface area is 132 Å². The summed E-state index contributed by atoms with van der Waals surface area (Å²) in [7, 11) is 3.77. The second kappa shape index (κ2) is 9.53. The van der Waals surface area contributed by atoms with Crippen LogP contribution in [0.3, 0.4) is 0 Å². The first-order valence-corrected chi connectivity index (χ1v) is 7.79. The Balaban J connectivity index is 2.13. The van der Waals surface area contributed by atoms with Gasteiger partial charge in [0.25, 0.3) is 0 Å². The summed E-state index contributed by atoms with van der Waals surface area (Å²) in [5.74, 6) is -0.0557. The first-order valence-electron chi connectivity index (χ1n) is 7.79. The van der Waals surface area contributed by atoms with Crippen molar-refractivity contribution in [2.24, 2.45) is 0 Å². The van der Waals surface area contributed by atoms with Gasteiger partial charge in [0.1, 0.15) is 5.78 Å². The highest BCUT2D eigenvalue weighted by Gasteiger charge is 2.16. The molecule has 0 saturated carbocycles. The summed E-state index contributed by atoms with van der Waals surface area (Å²) in [4.78, 5) is 40.3. The van der Waals surface area contributed by atoms with Crippen molar-refractivity contribution in [3.8, 4) is 0 Å². The molecule has 0 unspecified atom stereocenters. The highest BCUT2D eigenvalue weighted by molar-refractivity contribution is 5.83. The van der Waals surface area contributed by atoms with E-state index in [1.165, 1.54) is 6.92 Å². The molecule has 0 bridgehead atoms. The van der Waals surface area contributed by atoms with Crippen molar-refractivity contribution in [3.63, 3.8) is 0 Å². The number of amides is 2. The average Bonchev–Trinajstić information content (AvgIpc) is 2.47. The molecule has 0 aliphatic carbocycles. The lowest BCUT2D eigenvalue weighted by atomic mass is 10.6. The molecule has 1 saturated heterocycles. The van der Waals surface area contributed by atoms with Gasteiger partial charge in [0.05, 0.1) is 6.54 Å². The molecule has 1 fully saturated rings. The van der Waals surface area contributed by atoms with Crippen LogP contribution >= 0.6 is 0 Å². The fourth-order valence-corrected chi connectivity index (χ4v) is 2.23. The quantitative estimate of drug-likeness (QED) is 0.467. The molecule has 0 aromatic rings. The van der Waals surface area contributed by atoms with Gasteiger partial charge in [-0.05, 0) is 14.0 Å². The van der Waals surface area contributed by atoms with Crippen LogP contribution in [-0.4, -0.2) is 92.2 Å². The minimum atomic E-state index is -0.0662. The molecule has 7 heteroatoms. The summed E-state index contributed by atoms with van der Waals surface area (Å²) >= 11 is 0. The molecule has 0 radical (unpaired) electrons. The lowest BCUT2D eigenvalue weighted by molar-refractivity contribution is -0.132. The highest BCUT2D eigenvalue weighted by Crippen LogP contribution is 1.98. The number of rotatable bonds is 8. The molecule has 7 nitrogen and oxygen atoms in total. The molecule has 1 heterocycles. The van der Waals surface area contributed by atoms with Gasteiger partial charge >= 0.3 is 0 Å². The van der Waals surface area contributed by atoms with Crippen molar-refractivity contribution in [2.75, 3.05) is 59.9 Å². The fourth-order valence-electron chi connectivity index (χ4n) is 2.23. The van der Waals surface area contributed by atoms with Gasteiger partial charge in [-0.1, -0.05) is 0 Å². The Kier molecular flexibility index (Phi) is 8.05. The van der Waals surface area contributed by atoms with E-state index in [2.05, 4.69) is 22.2 Å². The monoisotopic (exact) mass is 320 g/mol. The largest absolute Gasteiger partial charge is 0.353 e. The molecule has 0 atom stereocenters. The van der Waals surface area contributed by atoms with Crippen LogP contribution in [0.4, 0.5) is 0 Å². The molecule has 0 aromatic carbocycles. The summed E-state index contributed by atoms with van der Waals surface area (Å²) in [6, 6.07) is 0. The van der Waals surface area contributed by atoms with Gasteiger partial charge in [0.15, 0.2) is 0 Å². The molecule has 1 N–H and O–H groups in total. The molecular formula is C15H28N4O3. The number of carbonyl (C=O) groups excluding carboxylic acids is 3. The lowest BCUT2D eigenvalue weighted by Gasteiger charge is -2.31. The van der Waals surface area contributed by atoms with Gasteiger partial charge in [-0.25, -0.2) is 0 Å². The number of piperazine rings is 1. The molecule has 2 amide bonds. The lowest BCUT2D eigenvalue weighted by Crippen LogP contribution is -2.48. The van der Waals surface area contributed by atoms with E-state index in [0.29, 0.717) is 19.6 Å². The molecule has 1 rings (SSSR count). The third kappa shape index (κ3) is 7.51. The molecule has 126 valence electrons. The SMILES string of the molecule is C[13C](=O)[13CH2][13CH2][13C](=O)N(C)CCN[13C](=O)C[15N]1CCN(C)[13CH2][13CH2]1. The van der Waals surface area contributed by atoms with Gasteiger partial charge in [-0.15, -0.1) is 0 Å². The van der Waals surface area contributed by atoms with Crippen molar-refractivity contribution in [3.05, 3.63) is 0 Å². The minimum Gasteiger partial charge on any atom is -0.353 e. The maximum Gasteiger partial charge on any atom is 0.234 e. The number of ketones is 1. The highest BCUT2D eigenvalue weighted by atomic mass is 16.2. The van der Waals surface area contributed by atoms with Crippen LogP contribution in [0, 0.1) is 0 Å². The Morgan fingerprint density at radius 2 is 1.73 bits per heavy atom. The van der Waals surface area contributed by atoms with Gasteiger partial charge < -0.3 is 19.9 Å². The first-order chi connectivity index (χ1) is 10.4. The third-order valence-electron chi connectivity index (χ3n) is 3.85. The van der Waals surface area contributed by atoms with Crippen molar-refractivity contribution in [1.82, 2.24) is 20.0 Å². The third-order valence-corrected chi connectivity index (χ3v) is 3.85. The normalized spacial score (nSPS) is 16.3. The molecule has 0 aromatic heterocycles. The minimum absolute atomic E-state index is 0.00543. The fraction of sp³-hybridized carbons (Fsp3) is 0.800. The number of nitrogens with zero attached hydrogens (tertiary/aromatic N) is 3. The second-order valence-electron chi connectivity index (χ2n) is 5.95. The van der Waals surface area contributed by atoms with Crippen LogP contribution in [-0.2, 0) is 14.4 Å². The summed E-state index contributed by atoms with van der Waals surface area (Å²) in [6.45, 7) is 6.59. The van der Waals surface area contributed by atoms with Crippen molar-refractivity contribution in [1.29, 1.82) is 0 Å². The molecular weight excluding hydrogens is 292 g/mol. The first kappa shape index (κ1) is 18.6. The number of hydrogen-bond acceptors (Lipinski definition) is 5. The van der Waals surface area contributed by atoms with Crippen LogP contribution in [0.1, 0.15) is 19.8 Å². The number of hydrogen-bond donors (Lipinski definition) is 1. The van der Waals surface area contributed by atoms with Gasteiger partial charge in [0, 0.05) is 59.2 Å². The maximum atomic E-state index is 11.8. The van der Waals surface area contributed by atoms with E-state index in [0.717, 1.165) is 26.2 Å². The Hall–Kier alpha value is -1.47. The van der Waals surface area contributed by atoms with E-state index in [1.54, 1.807) is 11.9 Å². The van der Waals surface area contributed by atoms with Gasteiger partial charge in [-0.2, -0.15) is 0 Å². The number of nitrogens with one attached hydrogen (secondary N) is 1. The second-order valence-corrected chi connectivity index (χ2v) is 5.95. The number of Topliss-reactive ketones (excluding diaryl/α,β-unsaturated/α-hetero) is 1. The number of carbonyl (C=O) groups is 3. The molecule has 1 aliphatic rings. The zero-order chi connectivity index (χ0) is 16.5. The number of likely N-dealkylation sites (N-methyl/N-ethyl adjacent to an activating group) is 2. The molecule has 22 heavy (non-hydrogen) atoms. The smallest absolute Gasteiger partial charge is 0.234 e. The van der Waals surface area contributed by atoms with Crippen LogP contribution in [0.5, 0.6) is 0 Å². The van der Waals surface area contributed by atoms with Crippen LogP contribution < -0.4 is 5.32 Å². The Bertz CT molecular complexity index is 392. The topological polar surface area (TPSA) is 73.0 Å². The van der Waals surface area contributed by atoms with Crippen LogP contribution in [0.25, 0.3) is 0 Å². The van der Waals surface area contributed by atoms with Crippen molar-refractivity contribution in [2.45, 2.75) is 19.8 Å². The summed E-state index contributed by atoms with van der Waals surface area (Å²) < 4.78 is 0. The summed E-state index contributed by atoms with van der Waals surface area (Å²) in [5.41, 5.74) is 0. The molecule has 1 aliphatic heterocycles. The van der Waals surface area contributed by atoms with Crippen LogP contribution in [0.2, 0.25) is 0 Å². The zero-order valence-electron chi connectivity index (χ0n) is 13.9. The van der Waals surface area contributed by atoms with Crippen molar-refractivity contribution < 1.29 is 14.4 Å². The zero-order valence-corrected chi connectivity index (χ0v) is 13.9. The van der Waals surface area contributed by atoms with E-state index < -0.39 is 0 Å². The van der Waals surface area contributed by atoms with E-state index in [-0.39, 0.29) is 30.4 Å².